The molecule has 106 valence electrons. The topological polar surface area (TPSA) is 55.7 Å². The first-order valence-electron chi connectivity index (χ1n) is 5.13. The number of benzene rings is 1. The van der Waals surface area contributed by atoms with Crippen molar-refractivity contribution in [3.63, 3.8) is 0 Å². The molecule has 0 saturated heterocycles. The monoisotopic (exact) mass is 295 g/mol. The van der Waals surface area contributed by atoms with Crippen molar-refractivity contribution in [1.29, 1.82) is 0 Å². The third-order valence-electron chi connectivity index (χ3n) is 2.39. The SMILES string of the molecule is Cc1cccc(C(=NOS(C)(=O)=O)C(F)(F)F)c1C. The van der Waals surface area contributed by atoms with Gasteiger partial charge in [-0.2, -0.15) is 21.6 Å². The Balaban J connectivity index is 3.38. The molecule has 0 N–H and O–H groups in total. The molecule has 0 heterocycles. The van der Waals surface area contributed by atoms with Gasteiger partial charge in [-0.15, -0.1) is 0 Å². The van der Waals surface area contributed by atoms with E-state index in [2.05, 4.69) is 9.44 Å². The summed E-state index contributed by atoms with van der Waals surface area (Å²) in [5.41, 5.74) is -0.597. The lowest BCUT2D eigenvalue weighted by Crippen LogP contribution is -2.26. The van der Waals surface area contributed by atoms with Gasteiger partial charge in [-0.3, -0.25) is 4.28 Å². The molecule has 0 radical (unpaired) electrons. The molecule has 4 nitrogen and oxygen atoms in total. The third-order valence-corrected chi connectivity index (χ3v) is 2.74. The zero-order valence-corrected chi connectivity index (χ0v) is 11.3. The van der Waals surface area contributed by atoms with Gasteiger partial charge in [-0.25, -0.2) is 0 Å². The summed E-state index contributed by atoms with van der Waals surface area (Å²) in [5.74, 6) is 0. The number of nitrogens with zero attached hydrogens (tertiary/aromatic N) is 1. The predicted octanol–water partition coefficient (Wildman–Crippen LogP) is 2.55. The Kier molecular flexibility index (Phi) is 4.24. The van der Waals surface area contributed by atoms with E-state index in [1.165, 1.54) is 19.1 Å². The largest absolute Gasteiger partial charge is 0.437 e. The Morgan fingerprint density at radius 2 is 1.84 bits per heavy atom. The number of aryl methyl sites for hydroxylation is 1. The fraction of sp³-hybridized carbons (Fsp3) is 0.364. The molecule has 0 bridgehead atoms. The molecule has 0 aliphatic carbocycles. The first-order valence-corrected chi connectivity index (χ1v) is 6.94. The number of oxime groups is 1. The molecule has 1 rings (SSSR count). The van der Waals surface area contributed by atoms with E-state index in [1.807, 2.05) is 0 Å². The molecular weight excluding hydrogens is 283 g/mol. The molecule has 1 aromatic carbocycles. The van der Waals surface area contributed by atoms with Crippen LogP contribution in [-0.4, -0.2) is 26.6 Å². The summed E-state index contributed by atoms with van der Waals surface area (Å²) in [6.07, 6.45) is -4.20. The maximum Gasteiger partial charge on any atom is 0.437 e. The highest BCUT2D eigenvalue weighted by molar-refractivity contribution is 7.85. The van der Waals surface area contributed by atoms with Crippen molar-refractivity contribution >= 4 is 15.8 Å². The number of alkyl halides is 3. The van der Waals surface area contributed by atoms with Gasteiger partial charge in [0.25, 0.3) is 0 Å². The molecule has 0 aromatic heterocycles. The summed E-state index contributed by atoms with van der Waals surface area (Å²) in [7, 11) is -4.10. The van der Waals surface area contributed by atoms with Gasteiger partial charge in [-0.05, 0) is 25.0 Å². The van der Waals surface area contributed by atoms with Crippen LogP contribution in [0, 0.1) is 13.8 Å². The van der Waals surface area contributed by atoms with Gasteiger partial charge in [0.2, 0.25) is 0 Å². The van der Waals surface area contributed by atoms with E-state index in [1.54, 1.807) is 13.0 Å². The van der Waals surface area contributed by atoms with Gasteiger partial charge in [0.1, 0.15) is 0 Å². The number of halogens is 3. The molecule has 0 fully saturated rings. The Morgan fingerprint density at radius 3 is 2.32 bits per heavy atom. The van der Waals surface area contributed by atoms with Crippen LogP contribution in [-0.2, 0) is 14.4 Å². The second-order valence-corrected chi connectivity index (χ2v) is 5.52. The number of rotatable bonds is 3. The van der Waals surface area contributed by atoms with E-state index < -0.39 is 22.0 Å². The number of hydrogen-bond acceptors (Lipinski definition) is 4. The molecular formula is C11H12F3NO3S. The van der Waals surface area contributed by atoms with Crippen LogP contribution < -0.4 is 0 Å². The van der Waals surface area contributed by atoms with Gasteiger partial charge in [0.05, 0.1) is 6.26 Å². The molecule has 0 unspecified atom stereocenters. The van der Waals surface area contributed by atoms with Crippen LogP contribution in [0.5, 0.6) is 0 Å². The molecule has 0 aliphatic heterocycles. The zero-order chi connectivity index (χ0) is 14.8. The van der Waals surface area contributed by atoms with Crippen molar-refractivity contribution < 1.29 is 25.9 Å². The lowest BCUT2D eigenvalue weighted by molar-refractivity contribution is -0.0597. The molecule has 0 aliphatic rings. The van der Waals surface area contributed by atoms with Crippen LogP contribution in [0.4, 0.5) is 13.2 Å². The van der Waals surface area contributed by atoms with E-state index in [9.17, 15) is 21.6 Å². The molecule has 1 aromatic rings. The van der Waals surface area contributed by atoms with Gasteiger partial charge in [-0.1, -0.05) is 23.4 Å². The summed E-state index contributed by atoms with van der Waals surface area (Å²) < 4.78 is 64.1. The second-order valence-electron chi connectivity index (χ2n) is 3.96. The first kappa shape index (κ1) is 15.5. The van der Waals surface area contributed by atoms with E-state index in [0.717, 1.165) is 0 Å². The van der Waals surface area contributed by atoms with Crippen molar-refractivity contribution in [3.05, 3.63) is 34.9 Å². The highest BCUT2D eigenvalue weighted by atomic mass is 32.2. The van der Waals surface area contributed by atoms with Crippen molar-refractivity contribution in [2.24, 2.45) is 5.16 Å². The average Bonchev–Trinajstić information content (AvgIpc) is 2.20. The highest BCUT2D eigenvalue weighted by Gasteiger charge is 2.39. The second kappa shape index (κ2) is 5.20. The normalized spacial score (nSPS) is 13.5. The van der Waals surface area contributed by atoms with Crippen molar-refractivity contribution in [2.45, 2.75) is 20.0 Å². The molecule has 0 saturated carbocycles. The third kappa shape index (κ3) is 4.23. The Bertz CT molecular complexity index is 606. The van der Waals surface area contributed by atoms with Crippen LogP contribution in [0.15, 0.2) is 23.4 Å². The zero-order valence-electron chi connectivity index (χ0n) is 10.4. The van der Waals surface area contributed by atoms with E-state index in [4.69, 9.17) is 0 Å². The summed E-state index contributed by atoms with van der Waals surface area (Å²) in [4.78, 5) is 0. The standard InChI is InChI=1S/C11H12F3NO3S/c1-7-5-4-6-9(8(7)2)10(11(12,13)14)15-18-19(3,16)17/h4-6H,1-3H3. The Morgan fingerprint density at radius 1 is 1.26 bits per heavy atom. The molecule has 0 atom stereocenters. The minimum absolute atomic E-state index is 0.212. The maximum atomic E-state index is 12.9. The molecule has 0 spiro atoms. The van der Waals surface area contributed by atoms with Crippen LogP contribution in [0.2, 0.25) is 0 Å². The van der Waals surface area contributed by atoms with Crippen molar-refractivity contribution in [1.82, 2.24) is 0 Å². The van der Waals surface area contributed by atoms with Crippen molar-refractivity contribution in [2.75, 3.05) is 6.26 Å². The van der Waals surface area contributed by atoms with E-state index in [0.29, 0.717) is 17.4 Å². The number of hydrogen-bond donors (Lipinski definition) is 0. The quantitative estimate of drug-likeness (QED) is 0.636. The Labute approximate surface area is 109 Å². The fourth-order valence-corrected chi connectivity index (χ4v) is 1.58. The fourth-order valence-electron chi connectivity index (χ4n) is 1.37. The minimum atomic E-state index is -4.82. The van der Waals surface area contributed by atoms with Gasteiger partial charge in [0.15, 0.2) is 5.71 Å². The minimum Gasteiger partial charge on any atom is -0.268 e. The first-order chi connectivity index (χ1) is 8.52. The predicted molar refractivity (Wildman–Crippen MR) is 64.4 cm³/mol. The molecule has 0 amide bonds. The summed E-state index contributed by atoms with van der Waals surface area (Å²) >= 11 is 0. The van der Waals surface area contributed by atoms with Gasteiger partial charge < -0.3 is 0 Å². The lowest BCUT2D eigenvalue weighted by Gasteiger charge is -2.13. The summed E-state index contributed by atoms with van der Waals surface area (Å²) in [6, 6.07) is 4.28. The average molecular weight is 295 g/mol. The van der Waals surface area contributed by atoms with Crippen LogP contribution in [0.1, 0.15) is 16.7 Å². The highest BCUT2D eigenvalue weighted by Crippen LogP contribution is 2.26. The van der Waals surface area contributed by atoms with E-state index in [-0.39, 0.29) is 5.56 Å². The summed E-state index contributed by atoms with van der Waals surface area (Å²) in [6.45, 7) is 3.14. The van der Waals surface area contributed by atoms with Crippen LogP contribution in [0.25, 0.3) is 0 Å². The molecule has 8 heteroatoms. The van der Waals surface area contributed by atoms with E-state index >= 15 is 0 Å². The summed E-state index contributed by atoms with van der Waals surface area (Å²) in [5, 5.41) is 2.74. The smallest absolute Gasteiger partial charge is 0.268 e. The van der Waals surface area contributed by atoms with Crippen LogP contribution >= 0.6 is 0 Å². The van der Waals surface area contributed by atoms with Crippen molar-refractivity contribution in [3.8, 4) is 0 Å². The van der Waals surface area contributed by atoms with Gasteiger partial charge in [0, 0.05) is 5.56 Å². The van der Waals surface area contributed by atoms with Crippen LogP contribution in [0.3, 0.4) is 0 Å². The van der Waals surface area contributed by atoms with Gasteiger partial charge >= 0.3 is 16.3 Å². The Hall–Kier alpha value is -1.57. The molecule has 19 heavy (non-hydrogen) atoms. The maximum absolute atomic E-state index is 12.9. The lowest BCUT2D eigenvalue weighted by atomic mass is 9.99.